The van der Waals surface area contributed by atoms with Crippen LogP contribution in [0.1, 0.15) is 101 Å². The summed E-state index contributed by atoms with van der Waals surface area (Å²) < 4.78 is 6.31. The van der Waals surface area contributed by atoms with Gasteiger partial charge < -0.3 is 9.84 Å². The molecule has 1 aliphatic carbocycles. The fourth-order valence-corrected chi connectivity index (χ4v) is 5.89. The Morgan fingerprint density at radius 2 is 1.64 bits per heavy atom. The minimum Gasteiger partial charge on any atom is -0.507 e. The van der Waals surface area contributed by atoms with Gasteiger partial charge in [0.25, 0.3) is 0 Å². The van der Waals surface area contributed by atoms with Crippen LogP contribution in [0.5, 0.6) is 5.75 Å². The molecule has 0 spiro atoms. The fraction of sp³-hybridized carbons (Fsp3) is 0.485. The fourth-order valence-electron chi connectivity index (χ4n) is 5.89. The number of phenolic OH excluding ortho intramolecular Hbond substituents is 1. The summed E-state index contributed by atoms with van der Waals surface area (Å²) in [5.74, 6) is 1.79. The van der Waals surface area contributed by atoms with Gasteiger partial charge in [-0.15, -0.1) is 0 Å². The molecule has 1 N–H and O–H groups in total. The molecule has 3 atom stereocenters. The predicted octanol–water partition coefficient (Wildman–Crippen LogP) is 9.08. The highest BCUT2D eigenvalue weighted by Crippen LogP contribution is 2.44. The van der Waals surface area contributed by atoms with Crippen molar-refractivity contribution < 1.29 is 14.6 Å². The Hall–Kier alpha value is -2.81. The quantitative estimate of drug-likeness (QED) is 0.353. The molecule has 1 fully saturated rings. The summed E-state index contributed by atoms with van der Waals surface area (Å²) in [6.07, 6.45) is 3.10. The number of hydrogen-bond acceptors (Lipinski definition) is 3. The number of esters is 1. The van der Waals surface area contributed by atoms with Gasteiger partial charge in [-0.2, -0.15) is 0 Å². The van der Waals surface area contributed by atoms with E-state index in [4.69, 9.17) is 4.74 Å². The Kier molecular flexibility index (Phi) is 7.78. The summed E-state index contributed by atoms with van der Waals surface area (Å²) in [7, 11) is 0. The van der Waals surface area contributed by atoms with Crippen molar-refractivity contribution in [1.82, 2.24) is 0 Å². The van der Waals surface area contributed by atoms with E-state index in [2.05, 4.69) is 60.6 Å². The van der Waals surface area contributed by atoms with E-state index in [0.29, 0.717) is 29.2 Å². The second-order valence-corrected chi connectivity index (χ2v) is 11.8. The topological polar surface area (TPSA) is 46.5 Å². The number of hydrogen-bond donors (Lipinski definition) is 1. The number of phenols is 1. The van der Waals surface area contributed by atoms with E-state index < -0.39 is 0 Å². The van der Waals surface area contributed by atoms with E-state index in [1.165, 1.54) is 6.42 Å². The van der Waals surface area contributed by atoms with E-state index >= 15 is 0 Å². The maximum Gasteiger partial charge on any atom is 0.339 e. The van der Waals surface area contributed by atoms with Crippen molar-refractivity contribution in [3.05, 3.63) is 65.2 Å². The van der Waals surface area contributed by atoms with Crippen LogP contribution in [-0.2, 0) is 4.74 Å². The number of rotatable bonds is 6. The van der Waals surface area contributed by atoms with Crippen LogP contribution in [-0.4, -0.2) is 17.2 Å². The molecule has 0 heterocycles. The van der Waals surface area contributed by atoms with Crippen molar-refractivity contribution in [2.45, 2.75) is 85.7 Å². The summed E-state index contributed by atoms with van der Waals surface area (Å²) in [5, 5.41) is 13.4. The number of aromatic hydroxyl groups is 1. The molecule has 3 nitrogen and oxygen atoms in total. The van der Waals surface area contributed by atoms with Crippen molar-refractivity contribution in [3.63, 3.8) is 0 Å². The normalized spacial score (nSPS) is 20.4. The number of benzene rings is 3. The highest BCUT2D eigenvalue weighted by Gasteiger charge is 2.34. The molecule has 0 unspecified atom stereocenters. The number of ether oxygens (including phenoxy) is 1. The van der Waals surface area contributed by atoms with Crippen LogP contribution in [0.3, 0.4) is 0 Å². The molecule has 1 saturated carbocycles. The highest BCUT2D eigenvalue weighted by molar-refractivity contribution is 6.09. The Morgan fingerprint density at radius 1 is 0.917 bits per heavy atom. The van der Waals surface area contributed by atoms with Gasteiger partial charge >= 0.3 is 5.97 Å². The molecule has 3 heteroatoms. The average molecular weight is 487 g/mol. The molecule has 0 aromatic heterocycles. The van der Waals surface area contributed by atoms with Crippen LogP contribution in [0.25, 0.3) is 21.9 Å². The molecule has 0 aliphatic heterocycles. The van der Waals surface area contributed by atoms with Crippen molar-refractivity contribution in [1.29, 1.82) is 0 Å². The molecule has 0 radical (unpaired) electrons. The minimum absolute atomic E-state index is 0.0814. The molecule has 0 bridgehead atoms. The largest absolute Gasteiger partial charge is 0.507 e. The lowest BCUT2D eigenvalue weighted by Crippen LogP contribution is -2.36. The average Bonchev–Trinajstić information content (AvgIpc) is 2.82. The zero-order valence-electron chi connectivity index (χ0n) is 23.0. The standard InChI is InChI=1S/C33H42O3/c1-19(2)24-17-28(21(5)6)32(29(34)18-24)31-26-11-9-8-10-23(26)13-15-27(31)33(35)36-30-16-22(7)12-14-25(30)20(3)4/h8-11,13,15,17-22,25,30,34H,12,14,16H2,1-7H3/t22-,25+,30-/m1/s1. The van der Waals surface area contributed by atoms with Crippen molar-refractivity contribution in [3.8, 4) is 16.9 Å². The molecule has 0 saturated heterocycles. The first-order valence-electron chi connectivity index (χ1n) is 13.7. The van der Waals surface area contributed by atoms with Gasteiger partial charge in [-0.3, -0.25) is 0 Å². The smallest absolute Gasteiger partial charge is 0.339 e. The van der Waals surface area contributed by atoms with Gasteiger partial charge in [-0.25, -0.2) is 4.79 Å². The van der Waals surface area contributed by atoms with Gasteiger partial charge in [0.1, 0.15) is 11.9 Å². The Bertz CT molecular complexity index is 1240. The minimum atomic E-state index is -0.289. The lowest BCUT2D eigenvalue weighted by atomic mass is 9.75. The molecular weight excluding hydrogens is 444 g/mol. The van der Waals surface area contributed by atoms with Gasteiger partial charge in [0.2, 0.25) is 0 Å². The lowest BCUT2D eigenvalue weighted by Gasteiger charge is -2.36. The first-order valence-corrected chi connectivity index (χ1v) is 13.7. The van der Waals surface area contributed by atoms with E-state index in [0.717, 1.165) is 45.9 Å². The third-order valence-corrected chi connectivity index (χ3v) is 8.08. The summed E-state index contributed by atoms with van der Waals surface area (Å²) in [6.45, 7) is 15.3. The number of fused-ring (bicyclic) bond motifs is 1. The summed E-state index contributed by atoms with van der Waals surface area (Å²) in [5.41, 5.74) is 4.20. The monoisotopic (exact) mass is 486 g/mol. The molecule has 36 heavy (non-hydrogen) atoms. The van der Waals surface area contributed by atoms with Crippen molar-refractivity contribution in [2.75, 3.05) is 0 Å². The van der Waals surface area contributed by atoms with E-state index in [1.807, 2.05) is 36.4 Å². The predicted molar refractivity (Wildman–Crippen MR) is 150 cm³/mol. The maximum absolute atomic E-state index is 13.9. The molecular formula is C33H42O3. The van der Waals surface area contributed by atoms with Crippen molar-refractivity contribution >= 4 is 16.7 Å². The Labute approximate surface area is 216 Å². The van der Waals surface area contributed by atoms with E-state index in [-0.39, 0.29) is 23.7 Å². The number of carbonyl (C=O) groups is 1. The molecule has 4 rings (SSSR count). The first-order chi connectivity index (χ1) is 17.1. The second-order valence-electron chi connectivity index (χ2n) is 11.8. The van der Waals surface area contributed by atoms with Crippen LogP contribution in [0.15, 0.2) is 48.5 Å². The first kappa shape index (κ1) is 26.3. The van der Waals surface area contributed by atoms with E-state index in [1.54, 1.807) is 0 Å². The highest BCUT2D eigenvalue weighted by atomic mass is 16.5. The zero-order valence-corrected chi connectivity index (χ0v) is 23.0. The van der Waals surface area contributed by atoms with E-state index in [9.17, 15) is 9.90 Å². The Morgan fingerprint density at radius 3 is 2.31 bits per heavy atom. The van der Waals surface area contributed by atoms with Crippen LogP contribution in [0.2, 0.25) is 0 Å². The van der Waals surface area contributed by atoms with Crippen LogP contribution < -0.4 is 0 Å². The Balaban J connectivity index is 1.89. The summed E-state index contributed by atoms with van der Waals surface area (Å²) >= 11 is 0. The summed E-state index contributed by atoms with van der Waals surface area (Å²) in [4.78, 5) is 13.9. The van der Waals surface area contributed by atoms with Gasteiger partial charge in [0.15, 0.2) is 0 Å². The molecule has 3 aromatic rings. The van der Waals surface area contributed by atoms with Crippen molar-refractivity contribution in [2.24, 2.45) is 17.8 Å². The van der Waals surface area contributed by atoms with Crippen LogP contribution in [0.4, 0.5) is 0 Å². The van der Waals surface area contributed by atoms with Gasteiger partial charge in [0.05, 0.1) is 5.56 Å². The molecule has 1 aliphatic rings. The van der Waals surface area contributed by atoms with Crippen LogP contribution in [0, 0.1) is 17.8 Å². The molecule has 0 amide bonds. The molecule has 3 aromatic carbocycles. The molecule has 192 valence electrons. The lowest BCUT2D eigenvalue weighted by molar-refractivity contribution is -0.0173. The third-order valence-electron chi connectivity index (χ3n) is 8.08. The summed E-state index contributed by atoms with van der Waals surface area (Å²) in [6, 6.07) is 16.0. The van der Waals surface area contributed by atoms with Gasteiger partial charge in [-0.05, 0) is 76.5 Å². The van der Waals surface area contributed by atoms with Gasteiger partial charge in [0, 0.05) is 11.1 Å². The SMILES string of the molecule is CC(C)c1cc(O)c(-c2c(C(=O)O[C@@H]3C[C@H](C)CC[C@H]3C(C)C)ccc3ccccc23)c(C(C)C)c1. The third kappa shape index (κ3) is 5.16. The number of carbonyl (C=O) groups excluding carboxylic acids is 1. The second kappa shape index (κ2) is 10.7. The van der Waals surface area contributed by atoms with Crippen LogP contribution >= 0.6 is 0 Å². The maximum atomic E-state index is 13.9. The van der Waals surface area contributed by atoms with Gasteiger partial charge in [-0.1, -0.05) is 91.3 Å². The zero-order chi connectivity index (χ0) is 26.1.